The number of fused-ring (bicyclic) bond motifs is 1. The van der Waals surface area contributed by atoms with E-state index in [-0.39, 0.29) is 11.7 Å². The molecule has 2 N–H and O–H groups in total. The van der Waals surface area contributed by atoms with Crippen molar-refractivity contribution in [2.45, 2.75) is 6.36 Å². The molecule has 1 heterocycles. The van der Waals surface area contributed by atoms with Crippen molar-refractivity contribution >= 4 is 45.1 Å². The predicted molar refractivity (Wildman–Crippen MR) is 92.1 cm³/mol. The average molecular weight is 446 g/mol. The SMILES string of the molecule is O=C(Nc1ccc(OC(F)(F)F)cc1)c1c[nH]c2cccc(I)c12. The Morgan fingerprint density at radius 3 is 2.50 bits per heavy atom. The van der Waals surface area contributed by atoms with Gasteiger partial charge < -0.3 is 15.0 Å². The number of alkyl halides is 3. The summed E-state index contributed by atoms with van der Waals surface area (Å²) in [5.74, 6) is -0.697. The molecule has 0 saturated carbocycles. The molecule has 0 aliphatic carbocycles. The van der Waals surface area contributed by atoms with Crippen LogP contribution in [0.4, 0.5) is 18.9 Å². The van der Waals surface area contributed by atoms with Gasteiger partial charge in [-0.25, -0.2) is 0 Å². The van der Waals surface area contributed by atoms with Gasteiger partial charge in [0.05, 0.1) is 5.56 Å². The zero-order valence-corrected chi connectivity index (χ0v) is 14.1. The van der Waals surface area contributed by atoms with Gasteiger partial charge in [-0.05, 0) is 59.0 Å². The number of ether oxygens (including phenoxy) is 1. The summed E-state index contributed by atoms with van der Waals surface area (Å²) in [6.07, 6.45) is -3.14. The van der Waals surface area contributed by atoms with Crippen LogP contribution in [-0.4, -0.2) is 17.3 Å². The molecule has 124 valence electrons. The maximum atomic E-state index is 12.4. The van der Waals surface area contributed by atoms with E-state index in [9.17, 15) is 18.0 Å². The average Bonchev–Trinajstić information content (AvgIpc) is 2.93. The molecule has 4 nitrogen and oxygen atoms in total. The molecule has 0 saturated heterocycles. The van der Waals surface area contributed by atoms with Gasteiger partial charge in [-0.3, -0.25) is 4.79 Å². The fourth-order valence-corrected chi connectivity index (χ4v) is 3.05. The van der Waals surface area contributed by atoms with Crippen molar-refractivity contribution < 1.29 is 22.7 Å². The highest BCUT2D eigenvalue weighted by Crippen LogP contribution is 2.26. The number of nitrogens with one attached hydrogen (secondary N) is 2. The van der Waals surface area contributed by atoms with Crippen molar-refractivity contribution in [3.63, 3.8) is 0 Å². The van der Waals surface area contributed by atoms with E-state index in [4.69, 9.17) is 0 Å². The lowest BCUT2D eigenvalue weighted by atomic mass is 10.1. The number of H-pyrrole nitrogens is 1. The van der Waals surface area contributed by atoms with Gasteiger partial charge in [0.1, 0.15) is 5.75 Å². The maximum absolute atomic E-state index is 12.4. The molecule has 1 amide bonds. The number of hydrogen-bond donors (Lipinski definition) is 2. The number of anilines is 1. The van der Waals surface area contributed by atoms with Gasteiger partial charge in [0.25, 0.3) is 5.91 Å². The van der Waals surface area contributed by atoms with Gasteiger partial charge in [0.2, 0.25) is 0 Å². The second-order valence-corrected chi connectivity index (χ2v) is 6.05. The van der Waals surface area contributed by atoms with Crippen LogP contribution < -0.4 is 10.1 Å². The minimum absolute atomic E-state index is 0.345. The van der Waals surface area contributed by atoms with Crippen molar-refractivity contribution in [2.75, 3.05) is 5.32 Å². The Morgan fingerprint density at radius 1 is 1.12 bits per heavy atom. The molecule has 24 heavy (non-hydrogen) atoms. The molecule has 0 bridgehead atoms. The summed E-state index contributed by atoms with van der Waals surface area (Å²) in [5.41, 5.74) is 1.67. The second-order valence-electron chi connectivity index (χ2n) is 4.89. The summed E-state index contributed by atoms with van der Waals surface area (Å²) in [6, 6.07) is 10.6. The molecule has 0 radical (unpaired) electrons. The summed E-state index contributed by atoms with van der Waals surface area (Å²) in [6.45, 7) is 0. The molecule has 3 rings (SSSR count). The number of carbonyl (C=O) groups excluding carboxylic acids is 1. The first-order valence-electron chi connectivity index (χ1n) is 6.76. The third-order valence-corrected chi connectivity index (χ3v) is 4.14. The Hall–Kier alpha value is -2.23. The molecular weight excluding hydrogens is 436 g/mol. The monoisotopic (exact) mass is 446 g/mol. The lowest BCUT2D eigenvalue weighted by Crippen LogP contribution is -2.17. The van der Waals surface area contributed by atoms with Crippen LogP contribution in [0.3, 0.4) is 0 Å². The smallest absolute Gasteiger partial charge is 0.406 e. The van der Waals surface area contributed by atoms with Gasteiger partial charge in [0, 0.05) is 26.4 Å². The minimum atomic E-state index is -4.74. The summed E-state index contributed by atoms with van der Waals surface area (Å²) in [5, 5.41) is 3.45. The van der Waals surface area contributed by atoms with Gasteiger partial charge in [-0.1, -0.05) is 6.07 Å². The zero-order valence-electron chi connectivity index (χ0n) is 11.9. The molecule has 3 aromatic rings. The number of hydrogen-bond acceptors (Lipinski definition) is 2. The maximum Gasteiger partial charge on any atom is 0.573 e. The van der Waals surface area contributed by atoms with Gasteiger partial charge in [0.15, 0.2) is 0 Å². The fourth-order valence-electron chi connectivity index (χ4n) is 2.26. The third kappa shape index (κ3) is 3.64. The Kier molecular flexibility index (Phi) is 4.39. The first-order valence-corrected chi connectivity index (χ1v) is 7.84. The first-order chi connectivity index (χ1) is 11.3. The quantitative estimate of drug-likeness (QED) is 0.562. The number of aromatic nitrogens is 1. The van der Waals surface area contributed by atoms with Crippen molar-refractivity contribution in [3.8, 4) is 5.75 Å². The third-order valence-electron chi connectivity index (χ3n) is 3.25. The number of benzene rings is 2. The molecular formula is C16H10F3IN2O2. The number of halogens is 4. The largest absolute Gasteiger partial charge is 0.573 e. The molecule has 0 fully saturated rings. The highest BCUT2D eigenvalue weighted by atomic mass is 127. The van der Waals surface area contributed by atoms with E-state index in [1.54, 1.807) is 6.20 Å². The van der Waals surface area contributed by atoms with E-state index >= 15 is 0 Å². The minimum Gasteiger partial charge on any atom is -0.406 e. The standard InChI is InChI=1S/C16H10F3IN2O2/c17-16(18,19)24-10-6-4-9(5-7-10)22-15(23)11-8-21-13-3-1-2-12(20)14(11)13/h1-8,21H,(H,22,23). The normalized spacial score (nSPS) is 11.5. The topological polar surface area (TPSA) is 54.1 Å². The van der Waals surface area contributed by atoms with Crippen LogP contribution in [0, 0.1) is 3.57 Å². The Labute approximate surface area is 148 Å². The highest BCUT2D eigenvalue weighted by Gasteiger charge is 2.31. The number of rotatable bonds is 3. The van der Waals surface area contributed by atoms with Crippen LogP contribution in [0.15, 0.2) is 48.7 Å². The fraction of sp³-hybridized carbons (Fsp3) is 0.0625. The molecule has 1 aromatic heterocycles. The van der Waals surface area contributed by atoms with Crippen molar-refractivity contribution in [1.82, 2.24) is 4.98 Å². The van der Waals surface area contributed by atoms with Crippen LogP contribution in [-0.2, 0) is 0 Å². The van der Waals surface area contributed by atoms with Crippen LogP contribution >= 0.6 is 22.6 Å². The molecule has 0 spiro atoms. The molecule has 0 atom stereocenters. The van der Waals surface area contributed by atoms with Gasteiger partial charge in [-0.2, -0.15) is 0 Å². The van der Waals surface area contributed by atoms with E-state index in [0.717, 1.165) is 26.6 Å². The Balaban J connectivity index is 1.79. The molecule has 8 heteroatoms. The highest BCUT2D eigenvalue weighted by molar-refractivity contribution is 14.1. The van der Waals surface area contributed by atoms with Crippen molar-refractivity contribution in [1.29, 1.82) is 0 Å². The van der Waals surface area contributed by atoms with Crippen LogP contribution in [0.5, 0.6) is 5.75 Å². The van der Waals surface area contributed by atoms with Crippen LogP contribution in [0.2, 0.25) is 0 Å². The lowest BCUT2D eigenvalue weighted by molar-refractivity contribution is -0.274. The second kappa shape index (κ2) is 6.34. The number of amides is 1. The summed E-state index contributed by atoms with van der Waals surface area (Å²) >= 11 is 2.14. The van der Waals surface area contributed by atoms with Gasteiger partial charge in [-0.15, -0.1) is 13.2 Å². The number of aromatic amines is 1. The molecule has 2 aromatic carbocycles. The summed E-state index contributed by atoms with van der Waals surface area (Å²) in [7, 11) is 0. The van der Waals surface area contributed by atoms with E-state index in [1.165, 1.54) is 12.1 Å². The van der Waals surface area contributed by atoms with E-state index in [0.29, 0.717) is 11.3 Å². The summed E-state index contributed by atoms with van der Waals surface area (Å²) in [4.78, 5) is 15.4. The molecule has 0 unspecified atom stereocenters. The van der Waals surface area contributed by atoms with Crippen LogP contribution in [0.1, 0.15) is 10.4 Å². The summed E-state index contributed by atoms with van der Waals surface area (Å²) < 4.78 is 41.1. The lowest BCUT2D eigenvalue weighted by Gasteiger charge is -2.10. The van der Waals surface area contributed by atoms with Crippen molar-refractivity contribution in [3.05, 3.63) is 57.8 Å². The zero-order chi connectivity index (χ0) is 17.3. The first kappa shape index (κ1) is 16.6. The van der Waals surface area contributed by atoms with Crippen molar-refractivity contribution in [2.24, 2.45) is 0 Å². The van der Waals surface area contributed by atoms with E-state index < -0.39 is 6.36 Å². The number of carbonyl (C=O) groups is 1. The Morgan fingerprint density at radius 2 is 1.83 bits per heavy atom. The molecule has 0 aliphatic rings. The van der Waals surface area contributed by atoms with Gasteiger partial charge >= 0.3 is 6.36 Å². The van der Waals surface area contributed by atoms with E-state index in [2.05, 4.69) is 37.6 Å². The Bertz CT molecular complexity index is 888. The van der Waals surface area contributed by atoms with Crippen LogP contribution in [0.25, 0.3) is 10.9 Å². The predicted octanol–water partition coefficient (Wildman–Crippen LogP) is 4.92. The van der Waals surface area contributed by atoms with E-state index in [1.807, 2.05) is 18.2 Å². The molecule has 0 aliphatic heterocycles.